The first-order valence-corrected chi connectivity index (χ1v) is 3.75. The third kappa shape index (κ3) is 1.47. The van der Waals surface area contributed by atoms with Crippen LogP contribution in [0.4, 0.5) is 0 Å². The van der Waals surface area contributed by atoms with Crippen LogP contribution in [0.3, 0.4) is 0 Å². The number of carbonyl (C=O) groups excluding carboxylic acids is 1. The molecule has 12 heavy (non-hydrogen) atoms. The molecule has 0 aliphatic rings. The molecule has 0 aromatic heterocycles. The average Bonchev–Trinajstić information content (AvgIpc) is 1.99. The van der Waals surface area contributed by atoms with Crippen molar-refractivity contribution in [3.63, 3.8) is 0 Å². The molecule has 0 spiro atoms. The van der Waals surface area contributed by atoms with E-state index in [2.05, 4.69) is 6.92 Å². The average molecular weight is 162 g/mol. The molecule has 0 unspecified atom stereocenters. The van der Waals surface area contributed by atoms with Crippen molar-refractivity contribution in [1.82, 2.24) is 0 Å². The van der Waals surface area contributed by atoms with Crippen LogP contribution in [0.25, 0.3) is 0 Å². The summed E-state index contributed by atoms with van der Waals surface area (Å²) in [6, 6.07) is 3.52. The second-order valence-electron chi connectivity index (χ2n) is 2.95. The molecule has 0 atom stereocenters. The third-order valence-corrected chi connectivity index (χ3v) is 1.98. The minimum atomic E-state index is -0.388. The number of hydrogen-bond donors (Lipinski definition) is 1. The van der Waals surface area contributed by atoms with Crippen molar-refractivity contribution in [1.29, 1.82) is 0 Å². The van der Waals surface area contributed by atoms with Gasteiger partial charge in [-0.05, 0) is 49.6 Å². The molecule has 1 rings (SSSR count). The van der Waals surface area contributed by atoms with E-state index in [1.54, 1.807) is 12.1 Å². The molecule has 2 heteroatoms. The minimum Gasteiger partial charge on any atom is -0.366 e. The maximum Gasteiger partial charge on any atom is 0.248 e. The molecular formula is C10H12NO. The largest absolute Gasteiger partial charge is 0.366 e. The van der Waals surface area contributed by atoms with Crippen molar-refractivity contribution in [3.8, 4) is 0 Å². The van der Waals surface area contributed by atoms with Gasteiger partial charge < -0.3 is 5.73 Å². The topological polar surface area (TPSA) is 43.1 Å². The highest BCUT2D eigenvalue weighted by Gasteiger charge is 2.04. The van der Waals surface area contributed by atoms with Crippen LogP contribution in [0.15, 0.2) is 12.1 Å². The van der Waals surface area contributed by atoms with Crippen molar-refractivity contribution in [2.75, 3.05) is 0 Å². The smallest absolute Gasteiger partial charge is 0.248 e. The molecule has 63 valence electrons. The number of rotatable bonds is 1. The lowest BCUT2D eigenvalue weighted by molar-refractivity contribution is 0.1000. The first-order valence-electron chi connectivity index (χ1n) is 3.75. The fourth-order valence-electron chi connectivity index (χ4n) is 1.14. The van der Waals surface area contributed by atoms with Crippen LogP contribution in [-0.4, -0.2) is 5.91 Å². The summed E-state index contributed by atoms with van der Waals surface area (Å²) in [7, 11) is 0. The van der Waals surface area contributed by atoms with Crippen molar-refractivity contribution in [2.45, 2.75) is 13.8 Å². The van der Waals surface area contributed by atoms with Crippen LogP contribution < -0.4 is 5.73 Å². The molecule has 0 saturated carbocycles. The molecular weight excluding hydrogens is 150 g/mol. The molecule has 1 aromatic rings. The molecule has 0 fully saturated rings. The predicted octanol–water partition coefficient (Wildman–Crippen LogP) is 1.58. The first kappa shape index (κ1) is 8.78. The number of hydrogen-bond acceptors (Lipinski definition) is 1. The van der Waals surface area contributed by atoms with Gasteiger partial charge >= 0.3 is 0 Å². The van der Waals surface area contributed by atoms with Gasteiger partial charge in [0.25, 0.3) is 0 Å². The number of primary amides is 1. The van der Waals surface area contributed by atoms with E-state index in [0.717, 1.165) is 16.7 Å². The third-order valence-electron chi connectivity index (χ3n) is 1.98. The Balaban J connectivity index is 3.31. The summed E-state index contributed by atoms with van der Waals surface area (Å²) < 4.78 is 0. The molecule has 2 N–H and O–H groups in total. The Morgan fingerprint density at radius 3 is 2.08 bits per heavy atom. The fourth-order valence-corrected chi connectivity index (χ4v) is 1.14. The second-order valence-corrected chi connectivity index (χ2v) is 2.95. The van der Waals surface area contributed by atoms with Crippen LogP contribution in [0.2, 0.25) is 0 Å². The Bertz CT molecular complexity index is 306. The van der Waals surface area contributed by atoms with Gasteiger partial charge in [-0.15, -0.1) is 0 Å². The Kier molecular flexibility index (Phi) is 2.18. The quantitative estimate of drug-likeness (QED) is 0.669. The summed E-state index contributed by atoms with van der Waals surface area (Å²) in [4.78, 5) is 10.8. The maximum atomic E-state index is 10.8. The van der Waals surface area contributed by atoms with Gasteiger partial charge in [0.1, 0.15) is 0 Å². The lowest BCUT2D eigenvalue weighted by atomic mass is 10.0. The van der Waals surface area contributed by atoms with E-state index in [1.165, 1.54) is 0 Å². The molecule has 0 heterocycles. The first-order chi connectivity index (χ1) is 5.52. The molecule has 1 radical (unpaired) electrons. The molecule has 1 aromatic carbocycles. The highest BCUT2D eigenvalue weighted by Crippen LogP contribution is 2.14. The Morgan fingerprint density at radius 2 is 1.75 bits per heavy atom. The van der Waals surface area contributed by atoms with Gasteiger partial charge in [0.2, 0.25) is 5.91 Å². The van der Waals surface area contributed by atoms with Crippen molar-refractivity contribution < 1.29 is 4.79 Å². The number of nitrogens with two attached hydrogens (primary N) is 1. The van der Waals surface area contributed by atoms with E-state index in [9.17, 15) is 4.79 Å². The number of aryl methyl sites for hydroxylation is 2. The summed E-state index contributed by atoms with van der Waals surface area (Å²) in [5.74, 6) is -0.388. The number of amides is 1. The molecule has 0 aliphatic carbocycles. The minimum absolute atomic E-state index is 0.388. The predicted molar refractivity (Wildman–Crippen MR) is 48.9 cm³/mol. The van der Waals surface area contributed by atoms with E-state index in [4.69, 9.17) is 5.73 Å². The SMILES string of the molecule is [CH2]c1c(C)cc(C(N)=O)cc1C. The van der Waals surface area contributed by atoms with Crippen molar-refractivity contribution in [2.24, 2.45) is 5.73 Å². The molecule has 2 nitrogen and oxygen atoms in total. The molecule has 0 aliphatic heterocycles. The summed E-state index contributed by atoms with van der Waals surface area (Å²) in [6.45, 7) is 7.70. The summed E-state index contributed by atoms with van der Waals surface area (Å²) in [5.41, 5.74) is 8.67. The van der Waals surface area contributed by atoms with Crippen molar-refractivity contribution >= 4 is 5.91 Å². The van der Waals surface area contributed by atoms with Crippen molar-refractivity contribution in [3.05, 3.63) is 41.3 Å². The van der Waals surface area contributed by atoms with Gasteiger partial charge in [-0.1, -0.05) is 0 Å². The zero-order valence-electron chi connectivity index (χ0n) is 7.35. The van der Waals surface area contributed by atoms with E-state index in [0.29, 0.717) is 5.56 Å². The molecule has 0 saturated heterocycles. The summed E-state index contributed by atoms with van der Waals surface area (Å²) >= 11 is 0. The van der Waals surface area contributed by atoms with Gasteiger partial charge in [-0.25, -0.2) is 0 Å². The Morgan fingerprint density at radius 1 is 1.33 bits per heavy atom. The zero-order chi connectivity index (χ0) is 9.30. The monoisotopic (exact) mass is 162 g/mol. The van der Waals surface area contributed by atoms with Gasteiger partial charge in [-0.2, -0.15) is 0 Å². The maximum absolute atomic E-state index is 10.8. The fraction of sp³-hybridized carbons (Fsp3) is 0.200. The van der Waals surface area contributed by atoms with Crippen LogP contribution in [0, 0.1) is 20.8 Å². The van der Waals surface area contributed by atoms with Crippen LogP contribution in [0.5, 0.6) is 0 Å². The zero-order valence-corrected chi connectivity index (χ0v) is 7.35. The number of benzene rings is 1. The van der Waals surface area contributed by atoms with E-state index in [-0.39, 0.29) is 5.91 Å². The van der Waals surface area contributed by atoms with E-state index < -0.39 is 0 Å². The van der Waals surface area contributed by atoms with Crippen LogP contribution >= 0.6 is 0 Å². The number of carbonyl (C=O) groups is 1. The summed E-state index contributed by atoms with van der Waals surface area (Å²) in [6.07, 6.45) is 0. The Labute approximate surface area is 72.4 Å². The lowest BCUT2D eigenvalue weighted by Gasteiger charge is -2.05. The van der Waals surface area contributed by atoms with E-state index in [1.807, 2.05) is 13.8 Å². The van der Waals surface area contributed by atoms with Gasteiger partial charge in [0.05, 0.1) is 0 Å². The highest BCUT2D eigenvalue weighted by atomic mass is 16.1. The van der Waals surface area contributed by atoms with Gasteiger partial charge in [-0.3, -0.25) is 4.79 Å². The van der Waals surface area contributed by atoms with Crippen LogP contribution in [-0.2, 0) is 0 Å². The summed E-state index contributed by atoms with van der Waals surface area (Å²) in [5, 5.41) is 0. The highest BCUT2D eigenvalue weighted by molar-refractivity contribution is 5.93. The van der Waals surface area contributed by atoms with Crippen LogP contribution in [0.1, 0.15) is 27.0 Å². The standard InChI is InChI=1S/C10H12NO/c1-6-4-9(10(11)12)5-7(2)8(6)3/h4-5H,3H2,1-2H3,(H2,11,12). The van der Waals surface area contributed by atoms with Gasteiger partial charge in [0.15, 0.2) is 0 Å². The van der Waals surface area contributed by atoms with Gasteiger partial charge in [0, 0.05) is 5.56 Å². The lowest BCUT2D eigenvalue weighted by Crippen LogP contribution is -2.11. The Hall–Kier alpha value is -1.31. The normalized spacial score (nSPS) is 9.92. The molecule has 0 bridgehead atoms. The molecule has 1 amide bonds. The van der Waals surface area contributed by atoms with E-state index >= 15 is 0 Å². The second kappa shape index (κ2) is 2.97.